The number of nitro groups is 1. The van der Waals surface area contributed by atoms with Crippen LogP contribution in [-0.4, -0.2) is 34.6 Å². The molecule has 1 heterocycles. The van der Waals surface area contributed by atoms with Crippen LogP contribution in [0, 0.1) is 15.9 Å². The maximum atomic E-state index is 13.2. The number of likely N-dealkylation sites (N-methyl/N-ethyl adjacent to an activating group) is 1. The van der Waals surface area contributed by atoms with Crippen LogP contribution in [0.5, 0.6) is 11.5 Å². The summed E-state index contributed by atoms with van der Waals surface area (Å²) in [5, 5.41) is 12.3. The first-order valence-corrected chi connectivity index (χ1v) is 11.8. The minimum absolute atomic E-state index is 0.193. The number of amides is 1. The molecule has 3 aromatic rings. The van der Waals surface area contributed by atoms with Gasteiger partial charge in [-0.15, -0.1) is 0 Å². The molecule has 1 aliphatic heterocycles. The van der Waals surface area contributed by atoms with E-state index < -0.39 is 4.92 Å². The second-order valence-electron chi connectivity index (χ2n) is 7.62. The molecule has 0 saturated carbocycles. The summed E-state index contributed by atoms with van der Waals surface area (Å²) in [5.41, 5.74) is 1.35. The fourth-order valence-corrected chi connectivity index (χ4v) is 4.54. The lowest BCUT2D eigenvalue weighted by Gasteiger charge is -2.12. The highest BCUT2D eigenvalue weighted by molar-refractivity contribution is 8.18. The van der Waals surface area contributed by atoms with Crippen molar-refractivity contribution in [2.75, 3.05) is 13.7 Å². The number of carbonyl (C=O) groups is 1. The standard InChI is InChI=1S/C26H22FN3O5S/c1-3-29-25(31)24(36-26(29)28-20-11-9-19(27)10-12-20)14-18-13-22(34-2)23(15-21(18)30(32)33)35-16-17-7-5-4-6-8-17/h4-15H,3,16H2,1-2H3/b24-14+,28-26?. The molecule has 0 bridgehead atoms. The average molecular weight is 508 g/mol. The van der Waals surface area contributed by atoms with Gasteiger partial charge in [0.1, 0.15) is 12.4 Å². The van der Waals surface area contributed by atoms with Crippen LogP contribution in [-0.2, 0) is 11.4 Å². The first-order valence-electron chi connectivity index (χ1n) is 11.0. The molecular weight excluding hydrogens is 485 g/mol. The van der Waals surface area contributed by atoms with Crippen molar-refractivity contribution >= 4 is 40.3 Å². The summed E-state index contributed by atoms with van der Waals surface area (Å²) in [5.74, 6) is -0.207. The number of nitro benzene ring substituents is 1. The van der Waals surface area contributed by atoms with Gasteiger partial charge in [0.15, 0.2) is 16.7 Å². The Labute approximate surface area is 211 Å². The van der Waals surface area contributed by atoms with Gasteiger partial charge in [-0.1, -0.05) is 30.3 Å². The van der Waals surface area contributed by atoms with Gasteiger partial charge >= 0.3 is 0 Å². The minimum Gasteiger partial charge on any atom is -0.493 e. The molecule has 1 saturated heterocycles. The summed E-state index contributed by atoms with van der Waals surface area (Å²) in [4.78, 5) is 30.6. The molecule has 10 heteroatoms. The largest absolute Gasteiger partial charge is 0.493 e. The van der Waals surface area contributed by atoms with E-state index in [0.29, 0.717) is 23.1 Å². The first kappa shape index (κ1) is 24.9. The first-order chi connectivity index (χ1) is 17.4. The zero-order valence-electron chi connectivity index (χ0n) is 19.5. The number of thioether (sulfide) groups is 1. The Hall–Kier alpha value is -4.18. The molecule has 0 spiro atoms. The van der Waals surface area contributed by atoms with Crippen LogP contribution >= 0.6 is 11.8 Å². The number of nitrogens with zero attached hydrogens (tertiary/aromatic N) is 3. The molecule has 1 fully saturated rings. The van der Waals surface area contributed by atoms with E-state index in [0.717, 1.165) is 17.3 Å². The number of methoxy groups -OCH3 is 1. The van der Waals surface area contributed by atoms with Gasteiger partial charge in [-0.2, -0.15) is 0 Å². The second kappa shape index (κ2) is 11.0. The second-order valence-corrected chi connectivity index (χ2v) is 8.63. The number of hydrogen-bond donors (Lipinski definition) is 0. The molecule has 3 aromatic carbocycles. The van der Waals surface area contributed by atoms with Crippen molar-refractivity contribution < 1.29 is 23.6 Å². The third-order valence-electron chi connectivity index (χ3n) is 5.29. The van der Waals surface area contributed by atoms with E-state index >= 15 is 0 Å². The molecule has 184 valence electrons. The van der Waals surface area contributed by atoms with Crippen LogP contribution in [0.1, 0.15) is 18.1 Å². The minimum atomic E-state index is -0.531. The Bertz CT molecular complexity index is 1340. The third-order valence-corrected chi connectivity index (χ3v) is 6.30. The predicted molar refractivity (Wildman–Crippen MR) is 137 cm³/mol. The van der Waals surface area contributed by atoms with Gasteiger partial charge in [-0.05, 0) is 60.7 Å². The van der Waals surface area contributed by atoms with E-state index in [4.69, 9.17) is 9.47 Å². The van der Waals surface area contributed by atoms with Crippen molar-refractivity contribution in [1.82, 2.24) is 4.90 Å². The van der Waals surface area contributed by atoms with E-state index in [1.165, 1.54) is 54.5 Å². The molecule has 0 atom stereocenters. The number of aliphatic imine (C=N–C) groups is 1. The Morgan fingerprint density at radius 1 is 1.11 bits per heavy atom. The smallest absolute Gasteiger partial charge is 0.280 e. The van der Waals surface area contributed by atoms with Crippen LogP contribution in [0.3, 0.4) is 0 Å². The summed E-state index contributed by atoms with van der Waals surface area (Å²) >= 11 is 1.09. The number of hydrogen-bond acceptors (Lipinski definition) is 7. The quantitative estimate of drug-likeness (QED) is 0.213. The lowest BCUT2D eigenvalue weighted by Crippen LogP contribution is -2.28. The molecule has 4 rings (SSSR count). The third kappa shape index (κ3) is 5.55. The Morgan fingerprint density at radius 2 is 1.83 bits per heavy atom. The predicted octanol–water partition coefficient (Wildman–Crippen LogP) is 5.95. The Morgan fingerprint density at radius 3 is 2.47 bits per heavy atom. The lowest BCUT2D eigenvalue weighted by atomic mass is 10.1. The van der Waals surface area contributed by atoms with Gasteiger partial charge in [-0.3, -0.25) is 19.8 Å². The molecule has 8 nitrogen and oxygen atoms in total. The maximum absolute atomic E-state index is 13.2. The molecule has 36 heavy (non-hydrogen) atoms. The van der Waals surface area contributed by atoms with Crippen molar-refractivity contribution in [3.8, 4) is 11.5 Å². The zero-order valence-corrected chi connectivity index (χ0v) is 20.3. The van der Waals surface area contributed by atoms with Gasteiger partial charge < -0.3 is 9.47 Å². The maximum Gasteiger partial charge on any atom is 0.280 e. The van der Waals surface area contributed by atoms with Gasteiger partial charge in [0.2, 0.25) is 0 Å². The Kier molecular flexibility index (Phi) is 7.65. The number of amidine groups is 1. The highest BCUT2D eigenvalue weighted by Gasteiger charge is 2.33. The van der Waals surface area contributed by atoms with Crippen LogP contribution in [0.2, 0.25) is 0 Å². The molecule has 0 N–H and O–H groups in total. The molecule has 1 amide bonds. The SMILES string of the molecule is CCN1C(=O)/C(=C\c2cc(OC)c(OCc3ccccc3)cc2[N+](=O)[O-])SC1=Nc1ccc(F)cc1. The van der Waals surface area contributed by atoms with E-state index in [-0.39, 0.29) is 40.2 Å². The monoisotopic (exact) mass is 507 g/mol. The lowest BCUT2D eigenvalue weighted by molar-refractivity contribution is -0.385. The summed E-state index contributed by atoms with van der Waals surface area (Å²) < 4.78 is 24.5. The average Bonchev–Trinajstić information content (AvgIpc) is 3.18. The van der Waals surface area contributed by atoms with E-state index in [1.807, 2.05) is 30.3 Å². The van der Waals surface area contributed by atoms with Crippen LogP contribution < -0.4 is 9.47 Å². The van der Waals surface area contributed by atoms with E-state index in [1.54, 1.807) is 6.92 Å². The molecular formula is C26H22FN3O5S. The van der Waals surface area contributed by atoms with Gasteiger partial charge in [-0.25, -0.2) is 9.38 Å². The van der Waals surface area contributed by atoms with Crippen LogP contribution in [0.25, 0.3) is 6.08 Å². The highest BCUT2D eigenvalue weighted by atomic mass is 32.2. The fourth-order valence-electron chi connectivity index (χ4n) is 3.48. The van der Waals surface area contributed by atoms with Gasteiger partial charge in [0, 0.05) is 6.54 Å². The number of benzene rings is 3. The fraction of sp³-hybridized carbons (Fsp3) is 0.154. The zero-order chi connectivity index (χ0) is 25.7. The number of rotatable bonds is 8. The van der Waals surface area contributed by atoms with Crippen molar-refractivity contribution in [3.63, 3.8) is 0 Å². The number of ether oxygens (including phenoxy) is 2. The number of halogens is 1. The molecule has 0 radical (unpaired) electrons. The molecule has 0 aromatic heterocycles. The molecule has 1 aliphatic rings. The van der Waals surface area contributed by atoms with Gasteiger partial charge in [0.05, 0.1) is 34.3 Å². The normalized spacial score (nSPS) is 15.5. The van der Waals surface area contributed by atoms with Crippen molar-refractivity contribution in [2.45, 2.75) is 13.5 Å². The van der Waals surface area contributed by atoms with Crippen LogP contribution in [0.4, 0.5) is 15.8 Å². The molecule has 0 aliphatic carbocycles. The summed E-state index contributed by atoms with van der Waals surface area (Å²) in [6.45, 7) is 2.35. The summed E-state index contributed by atoms with van der Waals surface area (Å²) in [7, 11) is 1.44. The topological polar surface area (TPSA) is 94.3 Å². The molecule has 0 unspecified atom stereocenters. The van der Waals surface area contributed by atoms with E-state index in [9.17, 15) is 19.3 Å². The number of carbonyl (C=O) groups excluding carboxylic acids is 1. The van der Waals surface area contributed by atoms with E-state index in [2.05, 4.69) is 4.99 Å². The van der Waals surface area contributed by atoms with Crippen molar-refractivity contribution in [3.05, 3.63) is 98.7 Å². The van der Waals surface area contributed by atoms with Crippen LogP contribution in [0.15, 0.2) is 76.6 Å². The van der Waals surface area contributed by atoms with Crippen molar-refractivity contribution in [2.24, 2.45) is 4.99 Å². The van der Waals surface area contributed by atoms with Gasteiger partial charge in [0.25, 0.3) is 11.6 Å². The summed E-state index contributed by atoms with van der Waals surface area (Å²) in [6.07, 6.45) is 1.45. The Balaban J connectivity index is 1.67. The van der Waals surface area contributed by atoms with Crippen molar-refractivity contribution in [1.29, 1.82) is 0 Å². The highest BCUT2D eigenvalue weighted by Crippen LogP contribution is 2.39. The summed E-state index contributed by atoms with van der Waals surface area (Å²) in [6, 6.07) is 17.7.